The van der Waals surface area contributed by atoms with E-state index in [1.807, 2.05) is 39.0 Å². The van der Waals surface area contributed by atoms with Crippen LogP contribution < -0.4 is 0 Å². The van der Waals surface area contributed by atoms with Crippen LogP contribution in [0.25, 0.3) is 0 Å². The van der Waals surface area contributed by atoms with E-state index in [0.29, 0.717) is 12.2 Å². The first-order valence-electron chi connectivity index (χ1n) is 5.87. The molecule has 4 heteroatoms. The molecule has 0 saturated heterocycles. The topological polar surface area (TPSA) is 34.9 Å². The van der Waals surface area contributed by atoms with Crippen LogP contribution in [0.15, 0.2) is 28.9 Å². The van der Waals surface area contributed by atoms with Gasteiger partial charge in [-0.25, -0.2) is 0 Å². The third-order valence-corrected chi connectivity index (χ3v) is 3.53. The van der Waals surface area contributed by atoms with Crippen LogP contribution in [-0.2, 0) is 6.54 Å². The van der Waals surface area contributed by atoms with E-state index in [-0.39, 0.29) is 5.78 Å². The largest absolute Gasteiger partial charge is 0.287 e. The molecule has 0 unspecified atom stereocenters. The fraction of sp³-hybridized carbons (Fsp3) is 0.286. The van der Waals surface area contributed by atoms with Crippen LogP contribution in [0.5, 0.6) is 0 Å². The van der Waals surface area contributed by atoms with Crippen molar-refractivity contribution in [1.82, 2.24) is 9.78 Å². The van der Waals surface area contributed by atoms with Gasteiger partial charge >= 0.3 is 0 Å². The molecule has 3 nitrogen and oxygen atoms in total. The molecule has 0 aliphatic heterocycles. The van der Waals surface area contributed by atoms with Crippen molar-refractivity contribution in [3.8, 4) is 0 Å². The fourth-order valence-electron chi connectivity index (χ4n) is 1.94. The Morgan fingerprint density at radius 1 is 1.39 bits per heavy atom. The van der Waals surface area contributed by atoms with Gasteiger partial charge in [-0.1, -0.05) is 17.7 Å². The lowest BCUT2D eigenvalue weighted by Gasteiger charge is -2.08. The van der Waals surface area contributed by atoms with Crippen molar-refractivity contribution in [3.63, 3.8) is 0 Å². The van der Waals surface area contributed by atoms with Crippen LogP contribution >= 0.6 is 15.9 Å². The van der Waals surface area contributed by atoms with Gasteiger partial charge in [0.05, 0.1) is 10.7 Å². The van der Waals surface area contributed by atoms with E-state index < -0.39 is 0 Å². The summed E-state index contributed by atoms with van der Waals surface area (Å²) in [6.07, 6.45) is 1.67. The summed E-state index contributed by atoms with van der Waals surface area (Å²) in [7, 11) is 0. The van der Waals surface area contributed by atoms with Gasteiger partial charge in [0.1, 0.15) is 5.69 Å². The molecule has 2 aromatic rings. The monoisotopic (exact) mass is 306 g/mol. The number of aryl methyl sites for hydroxylation is 3. The number of hydrogen-bond donors (Lipinski definition) is 0. The minimum atomic E-state index is 0.0161. The summed E-state index contributed by atoms with van der Waals surface area (Å²) < 4.78 is 2.46. The van der Waals surface area contributed by atoms with Crippen molar-refractivity contribution in [2.24, 2.45) is 0 Å². The molecule has 0 fully saturated rings. The van der Waals surface area contributed by atoms with E-state index in [1.54, 1.807) is 10.9 Å². The summed E-state index contributed by atoms with van der Waals surface area (Å²) in [5.74, 6) is 0.0161. The molecule has 1 aromatic carbocycles. The third-order valence-electron chi connectivity index (χ3n) is 2.95. The Bertz CT molecular complexity index is 602. The number of hydrogen-bond acceptors (Lipinski definition) is 2. The number of benzene rings is 1. The highest BCUT2D eigenvalue weighted by atomic mass is 79.9. The summed E-state index contributed by atoms with van der Waals surface area (Å²) in [4.78, 5) is 12.6. The predicted octanol–water partition coefficient (Wildman–Crippen LogP) is 3.51. The number of ketones is 1. The van der Waals surface area contributed by atoms with E-state index in [4.69, 9.17) is 0 Å². The maximum atomic E-state index is 12.6. The SMILES string of the molecule is CCn1ncc(Br)c1C(=O)c1cc(C)ccc1C. The smallest absolute Gasteiger partial charge is 0.212 e. The molecule has 0 saturated carbocycles. The van der Waals surface area contributed by atoms with E-state index in [1.165, 1.54) is 0 Å². The highest BCUT2D eigenvalue weighted by Gasteiger charge is 2.19. The lowest BCUT2D eigenvalue weighted by Crippen LogP contribution is -2.12. The lowest BCUT2D eigenvalue weighted by atomic mass is 10.0. The minimum Gasteiger partial charge on any atom is -0.287 e. The molecule has 0 amide bonds. The number of halogens is 1. The molecule has 2 rings (SSSR count). The maximum Gasteiger partial charge on any atom is 0.212 e. The average molecular weight is 307 g/mol. The van der Waals surface area contributed by atoms with Gasteiger partial charge in [0, 0.05) is 12.1 Å². The van der Waals surface area contributed by atoms with Crippen LogP contribution in [-0.4, -0.2) is 15.6 Å². The minimum absolute atomic E-state index is 0.0161. The highest BCUT2D eigenvalue weighted by molar-refractivity contribution is 9.10. The van der Waals surface area contributed by atoms with Crippen LogP contribution in [0.3, 0.4) is 0 Å². The van der Waals surface area contributed by atoms with Gasteiger partial charge in [0.25, 0.3) is 0 Å². The Kier molecular flexibility index (Phi) is 3.66. The summed E-state index contributed by atoms with van der Waals surface area (Å²) >= 11 is 3.39. The summed E-state index contributed by atoms with van der Waals surface area (Å²) in [6, 6.07) is 5.92. The van der Waals surface area contributed by atoms with Gasteiger partial charge in [-0.2, -0.15) is 5.10 Å². The van der Waals surface area contributed by atoms with E-state index in [2.05, 4.69) is 21.0 Å². The van der Waals surface area contributed by atoms with Gasteiger partial charge in [-0.15, -0.1) is 0 Å². The van der Waals surface area contributed by atoms with Crippen LogP contribution in [0.1, 0.15) is 34.1 Å². The summed E-state index contributed by atoms with van der Waals surface area (Å²) in [5.41, 5.74) is 3.43. The molecule has 0 aliphatic rings. The number of aromatic nitrogens is 2. The third kappa shape index (κ3) is 2.25. The molecular weight excluding hydrogens is 292 g/mol. The highest BCUT2D eigenvalue weighted by Crippen LogP contribution is 2.22. The Hall–Kier alpha value is -1.42. The normalized spacial score (nSPS) is 10.7. The van der Waals surface area contributed by atoms with E-state index in [9.17, 15) is 4.79 Å². The Balaban J connectivity index is 2.54. The Morgan fingerprint density at radius 2 is 2.11 bits per heavy atom. The van der Waals surface area contributed by atoms with Crippen molar-refractivity contribution in [2.45, 2.75) is 27.3 Å². The quantitative estimate of drug-likeness (QED) is 0.813. The Morgan fingerprint density at radius 3 is 2.78 bits per heavy atom. The second-order valence-corrected chi connectivity index (χ2v) is 5.16. The molecule has 0 bridgehead atoms. The maximum absolute atomic E-state index is 12.6. The van der Waals surface area contributed by atoms with Crippen LogP contribution in [0, 0.1) is 13.8 Å². The van der Waals surface area contributed by atoms with Gasteiger partial charge in [0.15, 0.2) is 0 Å². The van der Waals surface area contributed by atoms with Crippen molar-refractivity contribution in [3.05, 3.63) is 51.3 Å². The molecule has 0 atom stereocenters. The molecule has 0 aliphatic carbocycles. The first-order chi connectivity index (χ1) is 8.54. The number of nitrogens with zero attached hydrogens (tertiary/aromatic N) is 2. The zero-order valence-electron chi connectivity index (χ0n) is 10.7. The first-order valence-corrected chi connectivity index (χ1v) is 6.67. The van der Waals surface area contributed by atoms with E-state index >= 15 is 0 Å². The van der Waals surface area contributed by atoms with Crippen molar-refractivity contribution < 1.29 is 4.79 Å². The van der Waals surface area contributed by atoms with Gasteiger partial charge in [0.2, 0.25) is 5.78 Å². The summed E-state index contributed by atoms with van der Waals surface area (Å²) in [6.45, 7) is 6.59. The average Bonchev–Trinajstić information content (AvgIpc) is 2.72. The van der Waals surface area contributed by atoms with Crippen molar-refractivity contribution >= 4 is 21.7 Å². The molecule has 0 spiro atoms. The molecule has 18 heavy (non-hydrogen) atoms. The van der Waals surface area contributed by atoms with Gasteiger partial charge < -0.3 is 0 Å². The van der Waals surface area contributed by atoms with Crippen molar-refractivity contribution in [2.75, 3.05) is 0 Å². The lowest BCUT2D eigenvalue weighted by molar-refractivity contribution is 0.102. The van der Waals surface area contributed by atoms with Gasteiger partial charge in [-0.3, -0.25) is 9.48 Å². The second-order valence-electron chi connectivity index (χ2n) is 4.30. The number of rotatable bonds is 3. The van der Waals surface area contributed by atoms with Gasteiger partial charge in [-0.05, 0) is 48.3 Å². The Labute approximate surface area is 115 Å². The molecule has 1 aromatic heterocycles. The molecule has 1 heterocycles. The van der Waals surface area contributed by atoms with Crippen LogP contribution in [0.2, 0.25) is 0 Å². The standard InChI is InChI=1S/C14H15BrN2O/c1-4-17-13(12(15)8-16-17)14(18)11-7-9(2)5-6-10(11)3/h5-8H,4H2,1-3H3. The first kappa shape index (κ1) is 13.0. The molecule has 94 valence electrons. The number of carbonyl (C=O) groups is 1. The van der Waals surface area contributed by atoms with Crippen LogP contribution in [0.4, 0.5) is 0 Å². The second kappa shape index (κ2) is 5.06. The molecular formula is C14H15BrN2O. The van der Waals surface area contributed by atoms with Crippen molar-refractivity contribution in [1.29, 1.82) is 0 Å². The summed E-state index contributed by atoms with van der Waals surface area (Å²) in [5, 5.41) is 4.18. The zero-order chi connectivity index (χ0) is 13.3. The molecule has 0 radical (unpaired) electrons. The molecule has 0 N–H and O–H groups in total. The van der Waals surface area contributed by atoms with E-state index in [0.717, 1.165) is 21.2 Å². The number of carbonyl (C=O) groups excluding carboxylic acids is 1. The fourth-order valence-corrected chi connectivity index (χ4v) is 2.41. The predicted molar refractivity (Wildman–Crippen MR) is 74.9 cm³/mol. The zero-order valence-corrected chi connectivity index (χ0v) is 12.3.